The van der Waals surface area contributed by atoms with E-state index in [0.717, 1.165) is 32.6 Å². The first-order valence-corrected chi connectivity index (χ1v) is 12.6. The van der Waals surface area contributed by atoms with Gasteiger partial charge in [-0.2, -0.15) is 0 Å². The number of para-hydroxylation sites is 1. The second kappa shape index (κ2) is 12.0. The first-order valence-electron chi connectivity index (χ1n) is 10.8. The standard InChI is InChI=1S/C24H28BrN5O3S/c1-5-30-20(12-26-21(31)13-33-23-15(2)7-6-8-16(23)3)28-29-24(30)34-14-22(32)27-19-10-9-18(25)11-17(19)4/h6-11H,5,12-14H2,1-4H3,(H,26,31)(H,27,32). The van der Waals surface area contributed by atoms with Gasteiger partial charge in [0.15, 0.2) is 17.6 Å². The first-order chi connectivity index (χ1) is 16.3. The number of anilines is 1. The van der Waals surface area contributed by atoms with Crippen molar-refractivity contribution < 1.29 is 14.3 Å². The number of halogens is 1. The number of amides is 2. The monoisotopic (exact) mass is 545 g/mol. The molecule has 10 heteroatoms. The Balaban J connectivity index is 1.51. The molecule has 0 fully saturated rings. The molecule has 0 unspecified atom stereocenters. The fraction of sp³-hybridized carbons (Fsp3) is 0.333. The number of hydrogen-bond acceptors (Lipinski definition) is 6. The van der Waals surface area contributed by atoms with E-state index in [4.69, 9.17) is 4.74 Å². The van der Waals surface area contributed by atoms with Crippen LogP contribution in [-0.4, -0.2) is 38.9 Å². The number of aromatic nitrogens is 3. The Morgan fingerprint density at radius 1 is 1.06 bits per heavy atom. The summed E-state index contributed by atoms with van der Waals surface area (Å²) in [6.45, 7) is 8.56. The van der Waals surface area contributed by atoms with Gasteiger partial charge in [-0.15, -0.1) is 10.2 Å². The summed E-state index contributed by atoms with van der Waals surface area (Å²) >= 11 is 4.72. The molecule has 0 saturated carbocycles. The highest BCUT2D eigenvalue weighted by Gasteiger charge is 2.15. The molecule has 180 valence electrons. The lowest BCUT2D eigenvalue weighted by atomic mass is 10.1. The number of carbonyl (C=O) groups excluding carboxylic acids is 2. The lowest BCUT2D eigenvalue weighted by Gasteiger charge is -2.12. The normalized spacial score (nSPS) is 10.7. The number of aryl methyl sites for hydroxylation is 3. The Labute approximate surface area is 212 Å². The van der Waals surface area contributed by atoms with Gasteiger partial charge in [0.1, 0.15) is 5.75 Å². The molecule has 2 amide bonds. The van der Waals surface area contributed by atoms with E-state index in [1.54, 1.807) is 0 Å². The Morgan fingerprint density at radius 2 is 1.79 bits per heavy atom. The van der Waals surface area contributed by atoms with Crippen molar-refractivity contribution in [2.75, 3.05) is 17.7 Å². The van der Waals surface area contributed by atoms with Gasteiger partial charge in [0, 0.05) is 16.7 Å². The lowest BCUT2D eigenvalue weighted by molar-refractivity contribution is -0.123. The zero-order valence-corrected chi connectivity index (χ0v) is 22.0. The number of hydrogen-bond donors (Lipinski definition) is 2. The van der Waals surface area contributed by atoms with Crippen molar-refractivity contribution in [2.24, 2.45) is 0 Å². The highest BCUT2D eigenvalue weighted by Crippen LogP contribution is 2.23. The van der Waals surface area contributed by atoms with Crippen LogP contribution in [0.3, 0.4) is 0 Å². The SMILES string of the molecule is CCn1c(CNC(=O)COc2c(C)cccc2C)nnc1SCC(=O)Nc1ccc(Br)cc1C. The van der Waals surface area contributed by atoms with Crippen LogP contribution in [0, 0.1) is 20.8 Å². The molecule has 0 aliphatic rings. The van der Waals surface area contributed by atoms with Gasteiger partial charge in [-0.25, -0.2) is 0 Å². The molecule has 0 saturated heterocycles. The molecule has 0 aliphatic heterocycles. The van der Waals surface area contributed by atoms with Gasteiger partial charge in [-0.3, -0.25) is 9.59 Å². The van der Waals surface area contributed by atoms with Gasteiger partial charge in [-0.1, -0.05) is 45.9 Å². The summed E-state index contributed by atoms with van der Waals surface area (Å²) in [4.78, 5) is 24.7. The van der Waals surface area contributed by atoms with Crippen LogP contribution in [0.15, 0.2) is 46.0 Å². The highest BCUT2D eigenvalue weighted by atomic mass is 79.9. The molecular formula is C24H28BrN5O3S. The largest absolute Gasteiger partial charge is 0.483 e. The Hall–Kier alpha value is -2.85. The van der Waals surface area contributed by atoms with Gasteiger partial charge in [0.2, 0.25) is 5.91 Å². The minimum atomic E-state index is -0.244. The maximum absolute atomic E-state index is 12.4. The Morgan fingerprint density at radius 3 is 2.47 bits per heavy atom. The molecule has 3 aromatic rings. The number of rotatable bonds is 10. The van der Waals surface area contributed by atoms with Crippen LogP contribution in [0.4, 0.5) is 5.69 Å². The third-order valence-electron chi connectivity index (χ3n) is 5.10. The molecule has 1 heterocycles. The van der Waals surface area contributed by atoms with E-state index >= 15 is 0 Å². The summed E-state index contributed by atoms with van der Waals surface area (Å²) in [6.07, 6.45) is 0. The smallest absolute Gasteiger partial charge is 0.258 e. The van der Waals surface area contributed by atoms with Gasteiger partial charge in [0.25, 0.3) is 5.91 Å². The minimum Gasteiger partial charge on any atom is -0.483 e. The lowest BCUT2D eigenvalue weighted by Crippen LogP contribution is -2.29. The fourth-order valence-corrected chi connectivity index (χ4v) is 4.65. The summed E-state index contributed by atoms with van der Waals surface area (Å²) in [5, 5.41) is 14.8. The molecule has 34 heavy (non-hydrogen) atoms. The molecule has 2 N–H and O–H groups in total. The van der Waals surface area contributed by atoms with Crippen molar-refractivity contribution in [3.05, 3.63) is 63.4 Å². The Kier molecular flexibility index (Phi) is 9.12. The van der Waals surface area contributed by atoms with Crippen LogP contribution >= 0.6 is 27.7 Å². The van der Waals surface area contributed by atoms with E-state index in [1.807, 2.05) is 68.7 Å². The second-order valence-electron chi connectivity index (χ2n) is 7.73. The van der Waals surface area contributed by atoms with Crippen molar-refractivity contribution in [3.63, 3.8) is 0 Å². The van der Waals surface area contributed by atoms with Gasteiger partial charge in [0.05, 0.1) is 12.3 Å². The number of nitrogens with zero attached hydrogens (tertiary/aromatic N) is 3. The van der Waals surface area contributed by atoms with Crippen molar-refractivity contribution in [2.45, 2.75) is 45.9 Å². The summed E-state index contributed by atoms with van der Waals surface area (Å²) in [5.74, 6) is 1.18. The van der Waals surface area contributed by atoms with Gasteiger partial charge in [-0.05, 0) is 62.6 Å². The third kappa shape index (κ3) is 6.83. The van der Waals surface area contributed by atoms with Crippen molar-refractivity contribution >= 4 is 45.2 Å². The maximum Gasteiger partial charge on any atom is 0.258 e. The molecule has 0 radical (unpaired) electrons. The molecule has 2 aromatic carbocycles. The molecule has 0 spiro atoms. The number of thioether (sulfide) groups is 1. The molecule has 1 aromatic heterocycles. The third-order valence-corrected chi connectivity index (χ3v) is 6.56. The average molecular weight is 546 g/mol. The summed E-state index contributed by atoms with van der Waals surface area (Å²) < 4.78 is 8.55. The topological polar surface area (TPSA) is 98.1 Å². The molecule has 0 aliphatic carbocycles. The number of ether oxygens (including phenoxy) is 1. The van der Waals surface area contributed by atoms with E-state index in [0.29, 0.717) is 17.5 Å². The fourth-order valence-electron chi connectivity index (χ4n) is 3.35. The quantitative estimate of drug-likeness (QED) is 0.366. The van der Waals surface area contributed by atoms with E-state index < -0.39 is 0 Å². The molecule has 0 bridgehead atoms. The maximum atomic E-state index is 12.4. The van der Waals surface area contributed by atoms with E-state index in [-0.39, 0.29) is 30.7 Å². The van der Waals surface area contributed by atoms with Crippen LogP contribution in [0.1, 0.15) is 29.4 Å². The number of benzene rings is 2. The number of carbonyl (C=O) groups is 2. The predicted octanol–water partition coefficient (Wildman–Crippen LogP) is 4.41. The molecular weight excluding hydrogens is 518 g/mol. The number of nitrogens with one attached hydrogen (secondary N) is 2. The zero-order chi connectivity index (χ0) is 24.7. The van der Waals surface area contributed by atoms with Crippen LogP contribution in [0.25, 0.3) is 0 Å². The molecule has 3 rings (SSSR count). The average Bonchev–Trinajstić information content (AvgIpc) is 3.19. The predicted molar refractivity (Wildman–Crippen MR) is 137 cm³/mol. The summed E-state index contributed by atoms with van der Waals surface area (Å²) in [7, 11) is 0. The van der Waals surface area contributed by atoms with Crippen molar-refractivity contribution in [3.8, 4) is 5.75 Å². The van der Waals surface area contributed by atoms with E-state index in [9.17, 15) is 9.59 Å². The summed E-state index contributed by atoms with van der Waals surface area (Å²) in [5.41, 5.74) is 3.72. The van der Waals surface area contributed by atoms with Gasteiger partial charge < -0.3 is 19.9 Å². The van der Waals surface area contributed by atoms with E-state index in [1.165, 1.54) is 11.8 Å². The first kappa shape index (κ1) is 25.8. The van der Waals surface area contributed by atoms with Crippen LogP contribution in [-0.2, 0) is 22.7 Å². The van der Waals surface area contributed by atoms with Crippen molar-refractivity contribution in [1.29, 1.82) is 0 Å². The zero-order valence-electron chi connectivity index (χ0n) is 19.6. The molecule has 8 nitrogen and oxygen atoms in total. The second-order valence-corrected chi connectivity index (χ2v) is 9.58. The Bertz CT molecular complexity index is 1160. The van der Waals surface area contributed by atoms with E-state index in [2.05, 4.69) is 36.8 Å². The van der Waals surface area contributed by atoms with Crippen LogP contribution < -0.4 is 15.4 Å². The van der Waals surface area contributed by atoms with Gasteiger partial charge >= 0.3 is 0 Å². The summed E-state index contributed by atoms with van der Waals surface area (Å²) in [6, 6.07) is 11.5. The van der Waals surface area contributed by atoms with Crippen LogP contribution in [0.2, 0.25) is 0 Å². The molecule has 0 atom stereocenters. The highest BCUT2D eigenvalue weighted by molar-refractivity contribution is 9.10. The van der Waals surface area contributed by atoms with Crippen molar-refractivity contribution in [1.82, 2.24) is 20.1 Å². The van der Waals surface area contributed by atoms with Crippen LogP contribution in [0.5, 0.6) is 5.75 Å². The minimum absolute atomic E-state index is 0.0802.